The Morgan fingerprint density at radius 1 is 0.957 bits per heavy atom. The van der Waals surface area contributed by atoms with E-state index in [1.165, 1.54) is 47.9 Å². The van der Waals surface area contributed by atoms with Gasteiger partial charge in [-0.15, -0.1) is 0 Å². The number of anilines is 1. The van der Waals surface area contributed by atoms with Crippen molar-refractivity contribution in [3.8, 4) is 11.1 Å². The molecule has 0 radical (unpaired) electrons. The van der Waals surface area contributed by atoms with Gasteiger partial charge in [-0.2, -0.15) is 0 Å². The molecule has 0 saturated carbocycles. The first-order valence-electron chi connectivity index (χ1n) is 8.82. The van der Waals surface area contributed by atoms with Crippen LogP contribution in [0.1, 0.15) is 50.7 Å². The zero-order chi connectivity index (χ0) is 16.7. The molecule has 0 saturated heterocycles. The first-order chi connectivity index (χ1) is 11.1. The van der Waals surface area contributed by atoms with Crippen molar-refractivity contribution in [3.63, 3.8) is 0 Å². The van der Waals surface area contributed by atoms with Crippen LogP contribution in [0.15, 0.2) is 42.5 Å². The van der Waals surface area contributed by atoms with Gasteiger partial charge in [0, 0.05) is 18.3 Å². The van der Waals surface area contributed by atoms with Gasteiger partial charge < -0.3 is 11.1 Å². The maximum atomic E-state index is 5.84. The van der Waals surface area contributed by atoms with Crippen LogP contribution in [-0.4, -0.2) is 6.04 Å². The van der Waals surface area contributed by atoms with E-state index in [-0.39, 0.29) is 0 Å². The monoisotopic (exact) mass is 310 g/mol. The number of benzene rings is 2. The van der Waals surface area contributed by atoms with E-state index in [0.29, 0.717) is 6.04 Å². The fraction of sp³-hybridized carbons (Fsp3) is 0.429. The number of hydrogen-bond donors (Lipinski definition) is 2. The number of hydrogen-bond acceptors (Lipinski definition) is 2. The quantitative estimate of drug-likeness (QED) is 0.649. The predicted molar refractivity (Wildman–Crippen MR) is 101 cm³/mol. The molecule has 0 fully saturated rings. The zero-order valence-electron chi connectivity index (χ0n) is 14.7. The summed E-state index contributed by atoms with van der Waals surface area (Å²) in [4.78, 5) is 0. The molecular weight excluding hydrogens is 280 g/mol. The lowest BCUT2D eigenvalue weighted by atomic mass is 9.99. The van der Waals surface area contributed by atoms with E-state index in [0.717, 1.165) is 12.2 Å². The van der Waals surface area contributed by atoms with Gasteiger partial charge in [0.25, 0.3) is 0 Å². The summed E-state index contributed by atoms with van der Waals surface area (Å²) in [7, 11) is 0. The second-order valence-corrected chi connectivity index (χ2v) is 6.43. The molecule has 2 aromatic rings. The molecule has 0 bridgehead atoms. The Kier molecular flexibility index (Phi) is 6.66. The molecule has 2 heteroatoms. The molecule has 0 amide bonds. The molecule has 0 aliphatic rings. The average molecular weight is 310 g/mol. The van der Waals surface area contributed by atoms with E-state index in [9.17, 15) is 0 Å². The highest BCUT2D eigenvalue weighted by Crippen LogP contribution is 2.25. The second kappa shape index (κ2) is 8.73. The van der Waals surface area contributed by atoms with Crippen molar-refractivity contribution in [1.82, 2.24) is 5.32 Å². The molecule has 2 rings (SSSR count). The van der Waals surface area contributed by atoms with Gasteiger partial charge in [0.2, 0.25) is 0 Å². The molecular formula is C21H30N2. The minimum atomic E-state index is 0.643. The number of nitrogens with two attached hydrogens (primary N) is 1. The molecule has 0 aliphatic heterocycles. The van der Waals surface area contributed by atoms with Gasteiger partial charge in [0.1, 0.15) is 0 Å². The number of rotatable bonds is 8. The van der Waals surface area contributed by atoms with Gasteiger partial charge in [-0.25, -0.2) is 0 Å². The van der Waals surface area contributed by atoms with E-state index in [4.69, 9.17) is 5.73 Å². The molecule has 23 heavy (non-hydrogen) atoms. The molecule has 0 heterocycles. The Bertz CT molecular complexity index is 596. The first kappa shape index (κ1) is 17.6. The van der Waals surface area contributed by atoms with Crippen LogP contribution in [0.3, 0.4) is 0 Å². The van der Waals surface area contributed by atoms with Crippen LogP contribution >= 0.6 is 0 Å². The van der Waals surface area contributed by atoms with Crippen molar-refractivity contribution in [2.75, 3.05) is 5.73 Å². The smallest absolute Gasteiger partial charge is 0.0317 e. The van der Waals surface area contributed by atoms with Crippen molar-refractivity contribution in [1.29, 1.82) is 0 Å². The van der Waals surface area contributed by atoms with Crippen LogP contribution in [0.4, 0.5) is 5.69 Å². The van der Waals surface area contributed by atoms with Crippen molar-refractivity contribution in [2.24, 2.45) is 0 Å². The van der Waals surface area contributed by atoms with Crippen molar-refractivity contribution < 1.29 is 0 Å². The Hall–Kier alpha value is -1.80. The maximum Gasteiger partial charge on any atom is 0.0317 e. The van der Waals surface area contributed by atoms with E-state index >= 15 is 0 Å². The van der Waals surface area contributed by atoms with E-state index in [1.807, 2.05) is 12.1 Å². The van der Waals surface area contributed by atoms with Crippen LogP contribution in [0.25, 0.3) is 11.1 Å². The lowest BCUT2D eigenvalue weighted by Crippen LogP contribution is -2.28. The van der Waals surface area contributed by atoms with Crippen LogP contribution < -0.4 is 11.1 Å². The Morgan fingerprint density at radius 3 is 2.17 bits per heavy atom. The molecule has 2 nitrogen and oxygen atoms in total. The van der Waals surface area contributed by atoms with Gasteiger partial charge in [0.15, 0.2) is 0 Å². The SMILES string of the molecule is CCCC(CCC)NCc1ccc(-c2ccc(N)cc2C)cc1. The highest BCUT2D eigenvalue weighted by molar-refractivity contribution is 5.69. The topological polar surface area (TPSA) is 38.0 Å². The lowest BCUT2D eigenvalue weighted by Gasteiger charge is -2.17. The van der Waals surface area contributed by atoms with Gasteiger partial charge in [-0.3, -0.25) is 0 Å². The van der Waals surface area contributed by atoms with Crippen LogP contribution in [-0.2, 0) is 6.54 Å². The third-order valence-electron chi connectivity index (χ3n) is 4.38. The summed E-state index contributed by atoms with van der Waals surface area (Å²) in [6, 6.07) is 15.6. The summed E-state index contributed by atoms with van der Waals surface area (Å²) >= 11 is 0. The molecule has 0 atom stereocenters. The highest BCUT2D eigenvalue weighted by atomic mass is 14.9. The second-order valence-electron chi connectivity index (χ2n) is 6.43. The van der Waals surface area contributed by atoms with Crippen LogP contribution in [0.2, 0.25) is 0 Å². The maximum absolute atomic E-state index is 5.84. The summed E-state index contributed by atoms with van der Waals surface area (Å²) in [6.07, 6.45) is 5.01. The van der Waals surface area contributed by atoms with Gasteiger partial charge in [-0.1, -0.05) is 57.0 Å². The molecule has 0 unspecified atom stereocenters. The van der Waals surface area contributed by atoms with Crippen LogP contribution in [0.5, 0.6) is 0 Å². The minimum absolute atomic E-state index is 0.643. The third kappa shape index (κ3) is 5.11. The zero-order valence-corrected chi connectivity index (χ0v) is 14.7. The number of nitrogen functional groups attached to an aromatic ring is 1. The van der Waals surface area contributed by atoms with E-state index < -0.39 is 0 Å². The fourth-order valence-electron chi connectivity index (χ4n) is 3.12. The Labute approximate surface area is 141 Å². The summed E-state index contributed by atoms with van der Waals surface area (Å²) in [5.74, 6) is 0. The van der Waals surface area contributed by atoms with E-state index in [1.54, 1.807) is 0 Å². The van der Waals surface area contributed by atoms with Crippen molar-refractivity contribution >= 4 is 5.69 Å². The highest BCUT2D eigenvalue weighted by Gasteiger charge is 2.06. The Balaban J connectivity index is 2.01. The predicted octanol–water partition coefficient (Wildman–Crippen LogP) is 5.30. The fourth-order valence-corrected chi connectivity index (χ4v) is 3.12. The van der Waals surface area contributed by atoms with Gasteiger partial charge in [-0.05, 0) is 54.2 Å². The minimum Gasteiger partial charge on any atom is -0.399 e. The lowest BCUT2D eigenvalue weighted by molar-refractivity contribution is 0.443. The average Bonchev–Trinajstić information content (AvgIpc) is 2.54. The third-order valence-corrected chi connectivity index (χ3v) is 4.38. The summed E-state index contributed by atoms with van der Waals surface area (Å²) < 4.78 is 0. The molecule has 0 aromatic heterocycles. The number of nitrogens with one attached hydrogen (secondary N) is 1. The molecule has 3 N–H and O–H groups in total. The van der Waals surface area contributed by atoms with Crippen molar-refractivity contribution in [2.45, 2.75) is 59.0 Å². The van der Waals surface area contributed by atoms with Crippen molar-refractivity contribution in [3.05, 3.63) is 53.6 Å². The van der Waals surface area contributed by atoms with Gasteiger partial charge >= 0.3 is 0 Å². The molecule has 2 aromatic carbocycles. The van der Waals surface area contributed by atoms with E-state index in [2.05, 4.69) is 56.4 Å². The summed E-state index contributed by atoms with van der Waals surface area (Å²) in [5, 5.41) is 3.70. The first-order valence-corrected chi connectivity index (χ1v) is 8.82. The summed E-state index contributed by atoms with van der Waals surface area (Å²) in [5.41, 5.74) is 11.7. The van der Waals surface area contributed by atoms with Crippen LogP contribution in [0, 0.1) is 6.92 Å². The number of aryl methyl sites for hydroxylation is 1. The summed E-state index contributed by atoms with van der Waals surface area (Å²) in [6.45, 7) is 7.58. The molecule has 0 aliphatic carbocycles. The molecule has 0 spiro atoms. The van der Waals surface area contributed by atoms with Gasteiger partial charge in [0.05, 0.1) is 0 Å². The molecule has 124 valence electrons. The standard InChI is InChI=1S/C21H30N2/c1-4-6-20(7-5-2)23-15-17-8-10-18(11-9-17)21-13-12-19(22)14-16(21)3/h8-14,20,23H,4-7,15,22H2,1-3H3. The Morgan fingerprint density at radius 2 is 1.61 bits per heavy atom. The normalized spacial score (nSPS) is 11.1. The largest absolute Gasteiger partial charge is 0.399 e.